The van der Waals surface area contributed by atoms with Crippen LogP contribution < -0.4 is 0 Å². The summed E-state index contributed by atoms with van der Waals surface area (Å²) < 4.78 is 15.8. The molecule has 3 aromatic rings. The molecule has 2 aromatic heterocycles. The van der Waals surface area contributed by atoms with E-state index in [1.807, 2.05) is 10.6 Å². The van der Waals surface area contributed by atoms with Crippen LogP contribution in [0.5, 0.6) is 0 Å². The monoisotopic (exact) mass is 287 g/mol. The minimum Gasteiger partial charge on any atom is -0.330 e. The fourth-order valence-electron chi connectivity index (χ4n) is 2.38. The third-order valence-electron chi connectivity index (χ3n) is 3.41. The lowest BCUT2D eigenvalue weighted by atomic mass is 10.1. The number of aryl methyl sites for hydroxylation is 1. The lowest BCUT2D eigenvalue weighted by Gasteiger charge is -2.08. The Morgan fingerprint density at radius 2 is 2.20 bits per heavy atom. The van der Waals surface area contributed by atoms with Crippen molar-refractivity contribution in [1.82, 2.24) is 14.5 Å². The van der Waals surface area contributed by atoms with Gasteiger partial charge in [-0.05, 0) is 48.5 Å². The Balaban J connectivity index is 2.11. The third kappa shape index (κ3) is 2.25. The second kappa shape index (κ2) is 5.17. The Hall–Kier alpha value is -2.01. The summed E-state index contributed by atoms with van der Waals surface area (Å²) in [6.45, 7) is 2.69. The zero-order chi connectivity index (χ0) is 14.1. The molecular formula is C15H14FN3S. The van der Waals surface area contributed by atoms with E-state index in [2.05, 4.69) is 23.0 Å². The average molecular weight is 287 g/mol. The van der Waals surface area contributed by atoms with Crippen LogP contribution in [0.25, 0.3) is 11.0 Å². The molecule has 5 heteroatoms. The zero-order valence-corrected chi connectivity index (χ0v) is 11.9. The molecule has 0 unspecified atom stereocenters. The molecule has 0 saturated carbocycles. The van der Waals surface area contributed by atoms with Gasteiger partial charge in [0.05, 0.1) is 23.3 Å². The molecule has 2 heterocycles. The number of hydrogen-bond donors (Lipinski definition) is 1. The molecule has 3 rings (SSSR count). The van der Waals surface area contributed by atoms with E-state index in [0.29, 0.717) is 16.8 Å². The van der Waals surface area contributed by atoms with Crippen LogP contribution in [0.1, 0.15) is 18.2 Å². The van der Waals surface area contributed by atoms with Crippen LogP contribution in [0, 0.1) is 10.6 Å². The van der Waals surface area contributed by atoms with Crippen molar-refractivity contribution in [2.75, 3.05) is 0 Å². The van der Waals surface area contributed by atoms with E-state index < -0.39 is 0 Å². The number of H-pyrrole nitrogens is 1. The lowest BCUT2D eigenvalue weighted by molar-refractivity contribution is 0.629. The number of rotatable bonds is 3. The maximum atomic E-state index is 13.2. The first kappa shape index (κ1) is 13.0. The van der Waals surface area contributed by atoms with Crippen LogP contribution in [0.4, 0.5) is 4.39 Å². The van der Waals surface area contributed by atoms with Gasteiger partial charge in [-0.25, -0.2) is 4.39 Å². The summed E-state index contributed by atoms with van der Waals surface area (Å²) in [5, 5.41) is 0. The number of halogens is 1. The summed E-state index contributed by atoms with van der Waals surface area (Å²) in [5.41, 5.74) is 3.80. The highest BCUT2D eigenvalue weighted by Crippen LogP contribution is 2.18. The van der Waals surface area contributed by atoms with Crippen molar-refractivity contribution in [1.29, 1.82) is 0 Å². The third-order valence-corrected chi connectivity index (χ3v) is 3.73. The highest BCUT2D eigenvalue weighted by Gasteiger charge is 2.08. The molecule has 0 atom stereocenters. The molecule has 0 radical (unpaired) electrons. The van der Waals surface area contributed by atoms with E-state index in [1.54, 1.807) is 12.3 Å². The van der Waals surface area contributed by atoms with Crippen molar-refractivity contribution in [3.63, 3.8) is 0 Å². The molecule has 102 valence electrons. The molecule has 1 aromatic carbocycles. The lowest BCUT2D eigenvalue weighted by Crippen LogP contribution is -2.05. The summed E-state index contributed by atoms with van der Waals surface area (Å²) in [6.07, 6.45) is 2.71. The number of aromatic amines is 1. The number of aromatic nitrogens is 3. The number of benzene rings is 1. The molecule has 3 nitrogen and oxygen atoms in total. The van der Waals surface area contributed by atoms with Crippen LogP contribution in [0.2, 0.25) is 0 Å². The van der Waals surface area contributed by atoms with Gasteiger partial charge >= 0.3 is 0 Å². The Morgan fingerprint density at radius 1 is 1.35 bits per heavy atom. The van der Waals surface area contributed by atoms with E-state index in [-0.39, 0.29) is 5.82 Å². The second-order valence-electron chi connectivity index (χ2n) is 4.64. The molecule has 0 aliphatic heterocycles. The van der Waals surface area contributed by atoms with E-state index in [9.17, 15) is 4.39 Å². The van der Waals surface area contributed by atoms with Crippen molar-refractivity contribution in [3.05, 3.63) is 58.4 Å². The molecule has 0 aliphatic rings. The molecule has 0 aliphatic carbocycles. The van der Waals surface area contributed by atoms with Gasteiger partial charge in [0.1, 0.15) is 5.82 Å². The molecule has 0 spiro atoms. The second-order valence-corrected chi connectivity index (χ2v) is 5.03. The van der Waals surface area contributed by atoms with E-state index in [4.69, 9.17) is 12.2 Å². The van der Waals surface area contributed by atoms with Crippen LogP contribution in [0.15, 0.2) is 36.5 Å². The molecule has 0 bridgehead atoms. The van der Waals surface area contributed by atoms with Gasteiger partial charge in [0.2, 0.25) is 0 Å². The van der Waals surface area contributed by atoms with Gasteiger partial charge in [-0.1, -0.05) is 13.0 Å². The van der Waals surface area contributed by atoms with Gasteiger partial charge in [-0.15, -0.1) is 0 Å². The highest BCUT2D eigenvalue weighted by atomic mass is 32.1. The molecule has 20 heavy (non-hydrogen) atoms. The zero-order valence-electron chi connectivity index (χ0n) is 11.1. The highest BCUT2D eigenvalue weighted by molar-refractivity contribution is 7.71. The predicted molar refractivity (Wildman–Crippen MR) is 79.8 cm³/mol. The topological polar surface area (TPSA) is 33.6 Å². The van der Waals surface area contributed by atoms with Gasteiger partial charge in [0.15, 0.2) is 4.77 Å². The van der Waals surface area contributed by atoms with Crippen LogP contribution >= 0.6 is 12.2 Å². The Morgan fingerprint density at radius 3 is 3.00 bits per heavy atom. The number of nitrogens with zero attached hydrogens (tertiary/aromatic N) is 2. The number of pyridine rings is 1. The van der Waals surface area contributed by atoms with Gasteiger partial charge < -0.3 is 9.55 Å². The first-order valence-corrected chi connectivity index (χ1v) is 6.90. The van der Waals surface area contributed by atoms with E-state index in [1.165, 1.54) is 17.7 Å². The largest absolute Gasteiger partial charge is 0.330 e. The van der Waals surface area contributed by atoms with Crippen molar-refractivity contribution in [2.45, 2.75) is 19.9 Å². The SMILES string of the molecule is CCc1cccnc1Cn1c(=S)[nH]c2cc(F)ccc21. The van der Waals surface area contributed by atoms with Gasteiger partial charge in [0.25, 0.3) is 0 Å². The molecule has 0 fully saturated rings. The van der Waals surface area contributed by atoms with E-state index >= 15 is 0 Å². The number of nitrogens with one attached hydrogen (secondary N) is 1. The molecule has 1 N–H and O–H groups in total. The fourth-order valence-corrected chi connectivity index (χ4v) is 2.65. The normalized spacial score (nSPS) is 11.1. The van der Waals surface area contributed by atoms with Gasteiger partial charge in [0, 0.05) is 6.20 Å². The Kier molecular flexibility index (Phi) is 3.36. The van der Waals surface area contributed by atoms with Crippen molar-refractivity contribution < 1.29 is 4.39 Å². The summed E-state index contributed by atoms with van der Waals surface area (Å²) in [7, 11) is 0. The van der Waals surface area contributed by atoms with Gasteiger partial charge in [-0.2, -0.15) is 0 Å². The van der Waals surface area contributed by atoms with Crippen LogP contribution in [-0.2, 0) is 13.0 Å². The van der Waals surface area contributed by atoms with Crippen LogP contribution in [-0.4, -0.2) is 14.5 Å². The average Bonchev–Trinajstić information content (AvgIpc) is 2.75. The van der Waals surface area contributed by atoms with Crippen molar-refractivity contribution in [2.24, 2.45) is 0 Å². The van der Waals surface area contributed by atoms with Crippen LogP contribution in [0.3, 0.4) is 0 Å². The Labute approximate surface area is 121 Å². The summed E-state index contributed by atoms with van der Waals surface area (Å²) in [4.78, 5) is 7.47. The summed E-state index contributed by atoms with van der Waals surface area (Å²) in [6, 6.07) is 8.65. The number of imidazole rings is 1. The van der Waals surface area contributed by atoms with Crippen molar-refractivity contribution in [3.8, 4) is 0 Å². The van der Waals surface area contributed by atoms with E-state index in [0.717, 1.165) is 17.6 Å². The number of hydrogen-bond acceptors (Lipinski definition) is 2. The predicted octanol–water partition coefficient (Wildman–Crippen LogP) is 3.84. The maximum Gasteiger partial charge on any atom is 0.178 e. The fraction of sp³-hybridized carbons (Fsp3) is 0.200. The van der Waals surface area contributed by atoms with Crippen molar-refractivity contribution >= 4 is 23.3 Å². The minimum atomic E-state index is -0.270. The Bertz CT molecular complexity index is 819. The molecule has 0 amide bonds. The summed E-state index contributed by atoms with van der Waals surface area (Å²) in [5.74, 6) is -0.270. The van der Waals surface area contributed by atoms with Gasteiger partial charge in [-0.3, -0.25) is 4.98 Å². The first-order chi connectivity index (χ1) is 9.69. The first-order valence-electron chi connectivity index (χ1n) is 6.50. The maximum absolute atomic E-state index is 13.2. The molecule has 0 saturated heterocycles. The summed E-state index contributed by atoms with van der Waals surface area (Å²) >= 11 is 5.33. The smallest absolute Gasteiger partial charge is 0.178 e. The quantitative estimate of drug-likeness (QED) is 0.742. The minimum absolute atomic E-state index is 0.270. The number of fused-ring (bicyclic) bond motifs is 1. The standard InChI is InChI=1S/C15H14FN3S/c1-2-10-4-3-7-17-13(10)9-19-14-6-5-11(16)8-12(14)18-15(19)20/h3-8H,2,9H2,1H3,(H,18,20). The molecular weight excluding hydrogens is 273 g/mol.